The van der Waals surface area contributed by atoms with Gasteiger partial charge in [-0.15, -0.1) is 11.3 Å². The molecular formula is C30H30N6O5S. The van der Waals surface area contributed by atoms with Crippen LogP contribution in [0.4, 0.5) is 0 Å². The van der Waals surface area contributed by atoms with Crippen molar-refractivity contribution in [3.63, 3.8) is 0 Å². The summed E-state index contributed by atoms with van der Waals surface area (Å²) < 4.78 is 11.6. The lowest BCUT2D eigenvalue weighted by atomic mass is 10.1. The summed E-state index contributed by atoms with van der Waals surface area (Å²) in [4.78, 5) is 46.8. The fourth-order valence-corrected chi connectivity index (χ4v) is 6.34. The molecule has 0 unspecified atom stereocenters. The molecule has 0 radical (unpaired) electrons. The first-order chi connectivity index (χ1) is 20.2. The molecule has 1 spiro atoms. The third-order valence-electron chi connectivity index (χ3n) is 7.62. The molecule has 4 aromatic rings. The van der Waals surface area contributed by atoms with Crippen LogP contribution in [0.15, 0.2) is 60.0 Å². The Morgan fingerprint density at radius 2 is 1.86 bits per heavy atom. The van der Waals surface area contributed by atoms with Crippen molar-refractivity contribution in [2.75, 3.05) is 26.3 Å². The van der Waals surface area contributed by atoms with E-state index in [1.54, 1.807) is 29.6 Å². The molecule has 3 amide bonds. The van der Waals surface area contributed by atoms with Gasteiger partial charge in [-0.1, -0.05) is 18.2 Å². The molecule has 11 nitrogen and oxygen atoms in total. The van der Waals surface area contributed by atoms with Gasteiger partial charge in [0.25, 0.3) is 5.91 Å². The van der Waals surface area contributed by atoms with Gasteiger partial charge < -0.3 is 30.7 Å². The van der Waals surface area contributed by atoms with E-state index in [4.69, 9.17) is 20.6 Å². The highest BCUT2D eigenvalue weighted by Crippen LogP contribution is 2.35. The van der Waals surface area contributed by atoms with E-state index in [1.165, 1.54) is 16.2 Å². The van der Waals surface area contributed by atoms with Gasteiger partial charge in [-0.25, -0.2) is 4.98 Å². The fraction of sp³-hybridized carbons (Fsp3) is 0.300. The van der Waals surface area contributed by atoms with Crippen LogP contribution in [0.5, 0.6) is 0 Å². The van der Waals surface area contributed by atoms with Gasteiger partial charge in [0.15, 0.2) is 5.79 Å². The SMILES string of the molecule is C[C@@H](NC(=O)[C@@H]1CC2(CN1C(=O)CNC(=O)c1ccc3nc4ccccc4cc3c1)OCCO2)c1cc(C(=N)N)cs1. The van der Waals surface area contributed by atoms with Gasteiger partial charge in [-0.05, 0) is 43.3 Å². The third kappa shape index (κ3) is 5.43. The number of benzene rings is 2. The number of likely N-dealkylation sites (tertiary alicyclic amines) is 1. The highest BCUT2D eigenvalue weighted by molar-refractivity contribution is 7.10. The number of fused-ring (bicyclic) bond motifs is 2. The maximum Gasteiger partial charge on any atom is 0.251 e. The van der Waals surface area contributed by atoms with Crippen molar-refractivity contribution < 1.29 is 23.9 Å². The van der Waals surface area contributed by atoms with Gasteiger partial charge in [0.05, 0.1) is 43.4 Å². The molecule has 0 saturated carbocycles. The van der Waals surface area contributed by atoms with E-state index < -0.39 is 23.6 Å². The second-order valence-corrected chi connectivity index (χ2v) is 11.4. The number of hydrogen-bond donors (Lipinski definition) is 4. The molecule has 0 aliphatic carbocycles. The molecule has 2 aliphatic heterocycles. The van der Waals surface area contributed by atoms with Crippen molar-refractivity contribution in [2.45, 2.75) is 31.2 Å². The first-order valence-corrected chi connectivity index (χ1v) is 14.5. The quantitative estimate of drug-likeness (QED) is 0.147. The number of thiophene rings is 1. The van der Waals surface area contributed by atoms with Crippen molar-refractivity contribution >= 4 is 56.7 Å². The summed E-state index contributed by atoms with van der Waals surface area (Å²) >= 11 is 1.39. The van der Waals surface area contributed by atoms with E-state index in [0.29, 0.717) is 24.3 Å². The highest BCUT2D eigenvalue weighted by Gasteiger charge is 2.52. The maximum absolute atomic E-state index is 13.4. The molecule has 2 fully saturated rings. The molecule has 6 rings (SSSR count). The minimum Gasteiger partial charge on any atom is -0.384 e. The zero-order valence-electron chi connectivity index (χ0n) is 22.9. The Morgan fingerprint density at radius 3 is 2.62 bits per heavy atom. The number of nitrogens with one attached hydrogen (secondary N) is 3. The molecule has 5 N–H and O–H groups in total. The average molecular weight is 587 g/mol. The lowest BCUT2D eigenvalue weighted by molar-refractivity contribution is -0.152. The van der Waals surface area contributed by atoms with Gasteiger partial charge in [-0.3, -0.25) is 19.8 Å². The first kappa shape index (κ1) is 27.8. The topological polar surface area (TPSA) is 160 Å². The Kier molecular flexibility index (Phi) is 7.35. The maximum atomic E-state index is 13.4. The Balaban J connectivity index is 1.14. The van der Waals surface area contributed by atoms with E-state index in [9.17, 15) is 14.4 Å². The predicted molar refractivity (Wildman–Crippen MR) is 158 cm³/mol. The largest absolute Gasteiger partial charge is 0.384 e. The van der Waals surface area contributed by atoms with Crippen LogP contribution in [0.25, 0.3) is 21.8 Å². The number of nitrogen functional groups attached to an aromatic ring is 1. The summed E-state index contributed by atoms with van der Waals surface area (Å²) in [5.41, 5.74) is 8.20. The second-order valence-electron chi connectivity index (χ2n) is 10.5. The molecule has 2 aliphatic rings. The number of nitrogens with two attached hydrogens (primary N) is 1. The van der Waals surface area contributed by atoms with Crippen molar-refractivity contribution in [2.24, 2.45) is 5.73 Å². The molecule has 0 bridgehead atoms. The van der Waals surface area contributed by atoms with Crippen molar-refractivity contribution in [3.05, 3.63) is 76.0 Å². The van der Waals surface area contributed by atoms with E-state index in [0.717, 1.165) is 26.7 Å². The van der Waals surface area contributed by atoms with Crippen LogP contribution < -0.4 is 16.4 Å². The van der Waals surface area contributed by atoms with Gasteiger partial charge in [-0.2, -0.15) is 0 Å². The van der Waals surface area contributed by atoms with Crippen LogP contribution in [-0.2, 0) is 19.1 Å². The number of amides is 3. The first-order valence-electron chi connectivity index (χ1n) is 13.6. The number of carbonyl (C=O) groups excluding carboxylic acids is 3. The standard InChI is InChI=1S/C30H30N6O5S/c1-17(25-12-21(15-42-25)27(31)32)34-29(39)24-13-30(40-8-9-41-30)16-36(24)26(37)14-33-28(38)19-6-7-23-20(11-19)10-18-4-2-3-5-22(18)35-23/h2-7,10-12,15,17,24H,8-9,13-14,16H2,1H3,(H3,31,32)(H,33,38)(H,34,39)/t17-,24+/m1/s1. The van der Waals surface area contributed by atoms with Crippen molar-refractivity contribution in [1.29, 1.82) is 5.41 Å². The number of carbonyl (C=O) groups is 3. The molecule has 2 saturated heterocycles. The van der Waals surface area contributed by atoms with Crippen LogP contribution in [0.3, 0.4) is 0 Å². The number of nitrogens with zero attached hydrogens (tertiary/aromatic N) is 2. The lowest BCUT2D eigenvalue weighted by Crippen LogP contribution is -2.49. The number of para-hydroxylation sites is 1. The van der Waals surface area contributed by atoms with E-state index in [1.807, 2.05) is 37.3 Å². The number of hydrogen-bond acceptors (Lipinski definition) is 8. The fourth-order valence-electron chi connectivity index (χ4n) is 5.42. The van der Waals surface area contributed by atoms with Crippen LogP contribution in [-0.4, -0.2) is 71.6 Å². The Bertz CT molecular complexity index is 1710. The zero-order chi connectivity index (χ0) is 29.4. The summed E-state index contributed by atoms with van der Waals surface area (Å²) in [6.45, 7) is 2.36. The predicted octanol–water partition coefficient (Wildman–Crippen LogP) is 2.68. The van der Waals surface area contributed by atoms with Gasteiger partial charge >= 0.3 is 0 Å². The summed E-state index contributed by atoms with van der Waals surface area (Å²) in [6, 6.07) is 15.5. The second kappa shape index (κ2) is 11.1. The molecule has 216 valence electrons. The Labute approximate surface area is 245 Å². The average Bonchev–Trinajstić information content (AvgIpc) is 3.75. The number of amidine groups is 1. The van der Waals surface area contributed by atoms with Gasteiger partial charge in [0.2, 0.25) is 11.8 Å². The molecule has 2 aromatic carbocycles. The number of rotatable bonds is 7. The van der Waals surface area contributed by atoms with Crippen LogP contribution in [0.2, 0.25) is 0 Å². The summed E-state index contributed by atoms with van der Waals surface area (Å²) in [5, 5.41) is 16.8. The normalized spacial score (nSPS) is 18.4. The summed E-state index contributed by atoms with van der Waals surface area (Å²) in [5.74, 6) is -2.28. The molecule has 4 heterocycles. The molecule has 2 aromatic heterocycles. The molecule has 2 atom stereocenters. The van der Waals surface area contributed by atoms with E-state index in [-0.39, 0.29) is 37.3 Å². The van der Waals surface area contributed by atoms with Gasteiger partial charge in [0, 0.05) is 38.6 Å². The number of ether oxygens (including phenoxy) is 2. The van der Waals surface area contributed by atoms with E-state index >= 15 is 0 Å². The monoisotopic (exact) mass is 586 g/mol. The summed E-state index contributed by atoms with van der Waals surface area (Å²) in [7, 11) is 0. The zero-order valence-corrected chi connectivity index (χ0v) is 23.7. The molecule has 42 heavy (non-hydrogen) atoms. The van der Waals surface area contributed by atoms with Crippen LogP contribution in [0, 0.1) is 5.41 Å². The molecular weight excluding hydrogens is 556 g/mol. The van der Waals surface area contributed by atoms with Crippen molar-refractivity contribution in [3.8, 4) is 0 Å². The van der Waals surface area contributed by atoms with E-state index in [2.05, 4.69) is 15.6 Å². The van der Waals surface area contributed by atoms with Crippen LogP contribution in [0.1, 0.15) is 40.2 Å². The van der Waals surface area contributed by atoms with Gasteiger partial charge in [0.1, 0.15) is 11.9 Å². The Hall–Kier alpha value is -4.39. The summed E-state index contributed by atoms with van der Waals surface area (Å²) in [6.07, 6.45) is 0.181. The minimum absolute atomic E-state index is 0.0445. The Morgan fingerprint density at radius 1 is 1.10 bits per heavy atom. The lowest BCUT2D eigenvalue weighted by Gasteiger charge is -2.25. The third-order valence-corrected chi connectivity index (χ3v) is 8.74. The minimum atomic E-state index is -1.05. The molecule has 12 heteroatoms. The number of pyridine rings is 1. The van der Waals surface area contributed by atoms with Crippen molar-refractivity contribution in [1.82, 2.24) is 20.5 Å². The smallest absolute Gasteiger partial charge is 0.251 e. The number of aromatic nitrogens is 1. The highest BCUT2D eigenvalue weighted by atomic mass is 32.1. The van der Waals surface area contributed by atoms with Crippen LogP contribution >= 0.6 is 11.3 Å².